The number of urea groups is 1. The van der Waals surface area contributed by atoms with Gasteiger partial charge in [0.05, 0.1) is 12.2 Å². The molecule has 8 nitrogen and oxygen atoms in total. The first-order valence-electron chi connectivity index (χ1n) is 11.2. The molecule has 33 heavy (non-hydrogen) atoms. The molecule has 2 aliphatic rings. The van der Waals surface area contributed by atoms with E-state index in [0.717, 1.165) is 42.8 Å². The van der Waals surface area contributed by atoms with Crippen LogP contribution in [0.1, 0.15) is 59.9 Å². The summed E-state index contributed by atoms with van der Waals surface area (Å²) in [5.41, 5.74) is 3.70. The first kappa shape index (κ1) is 22.5. The average molecular weight is 450 g/mol. The summed E-state index contributed by atoms with van der Waals surface area (Å²) >= 11 is 0. The largest absolute Gasteiger partial charge is 0.462 e. The second-order valence-electron chi connectivity index (χ2n) is 8.36. The van der Waals surface area contributed by atoms with E-state index in [1.807, 2.05) is 36.6 Å². The van der Waals surface area contributed by atoms with Crippen molar-refractivity contribution in [1.29, 1.82) is 0 Å². The summed E-state index contributed by atoms with van der Waals surface area (Å²) in [5.74, 6) is -1.60. The smallest absolute Gasteiger partial charge is 0.338 e. The normalized spacial score (nSPS) is 18.2. The van der Waals surface area contributed by atoms with Crippen LogP contribution in [0, 0.1) is 13.8 Å². The molecular weight excluding hydrogens is 422 g/mol. The zero-order chi connectivity index (χ0) is 23.7. The zero-order valence-electron chi connectivity index (χ0n) is 19.0. The Labute approximate surface area is 192 Å². The molecule has 2 aromatic rings. The number of hydrogen-bond acceptors (Lipinski definition) is 5. The number of benzene rings is 1. The van der Waals surface area contributed by atoms with E-state index >= 15 is 0 Å². The number of imide groups is 2. The molecule has 1 aliphatic carbocycles. The fourth-order valence-corrected chi connectivity index (χ4v) is 4.61. The summed E-state index contributed by atoms with van der Waals surface area (Å²) < 4.78 is 7.01. The molecule has 0 unspecified atom stereocenters. The number of aromatic nitrogens is 1. The predicted octanol–water partition coefficient (Wildman–Crippen LogP) is 3.68. The monoisotopic (exact) mass is 449 g/mol. The van der Waals surface area contributed by atoms with Crippen LogP contribution in [0.3, 0.4) is 0 Å². The van der Waals surface area contributed by atoms with Gasteiger partial charge in [0.2, 0.25) is 0 Å². The van der Waals surface area contributed by atoms with Gasteiger partial charge in [-0.3, -0.25) is 19.8 Å². The second kappa shape index (κ2) is 9.05. The topological polar surface area (TPSA) is 97.7 Å². The summed E-state index contributed by atoms with van der Waals surface area (Å²) in [6, 6.07) is 8.13. The Balaban J connectivity index is 1.66. The molecule has 1 aromatic carbocycles. The molecule has 4 amide bonds. The minimum atomic E-state index is -0.678. The van der Waals surface area contributed by atoms with E-state index in [2.05, 4.69) is 5.32 Å². The molecule has 1 aliphatic heterocycles. The third-order valence-corrected chi connectivity index (χ3v) is 6.23. The molecule has 0 radical (unpaired) electrons. The second-order valence-corrected chi connectivity index (χ2v) is 8.36. The number of aryl methyl sites for hydroxylation is 1. The van der Waals surface area contributed by atoms with Crippen molar-refractivity contribution in [3.63, 3.8) is 0 Å². The van der Waals surface area contributed by atoms with Crippen LogP contribution in [-0.4, -0.2) is 45.9 Å². The summed E-state index contributed by atoms with van der Waals surface area (Å²) in [6.45, 7) is 5.88. The van der Waals surface area contributed by atoms with Gasteiger partial charge in [0.25, 0.3) is 11.8 Å². The van der Waals surface area contributed by atoms with Crippen LogP contribution >= 0.6 is 0 Å². The van der Waals surface area contributed by atoms with E-state index in [-0.39, 0.29) is 17.6 Å². The van der Waals surface area contributed by atoms with Crippen molar-refractivity contribution in [3.05, 3.63) is 58.4 Å². The van der Waals surface area contributed by atoms with Crippen LogP contribution in [0.25, 0.3) is 11.8 Å². The molecule has 0 atom stereocenters. The average Bonchev–Trinajstić information content (AvgIpc) is 3.39. The Bertz CT molecular complexity index is 1150. The van der Waals surface area contributed by atoms with Crippen molar-refractivity contribution in [2.45, 2.75) is 52.5 Å². The van der Waals surface area contributed by atoms with E-state index in [1.165, 1.54) is 4.90 Å². The fourth-order valence-electron chi connectivity index (χ4n) is 4.61. The first-order chi connectivity index (χ1) is 15.8. The van der Waals surface area contributed by atoms with E-state index in [0.29, 0.717) is 17.7 Å². The minimum absolute atomic E-state index is 0.0422. The number of amides is 4. The van der Waals surface area contributed by atoms with Gasteiger partial charge in [-0.2, -0.15) is 0 Å². The van der Waals surface area contributed by atoms with Crippen LogP contribution < -0.4 is 5.32 Å². The highest BCUT2D eigenvalue weighted by Crippen LogP contribution is 2.28. The molecule has 8 heteroatoms. The van der Waals surface area contributed by atoms with Crippen LogP contribution in [0.2, 0.25) is 0 Å². The van der Waals surface area contributed by atoms with Crippen molar-refractivity contribution >= 4 is 29.9 Å². The number of nitrogens with zero attached hydrogens (tertiary/aromatic N) is 2. The molecule has 1 saturated carbocycles. The molecule has 0 bridgehead atoms. The summed E-state index contributed by atoms with van der Waals surface area (Å²) in [5, 5.41) is 2.32. The molecule has 4 rings (SSSR count). The lowest BCUT2D eigenvalue weighted by atomic mass is 10.1. The van der Waals surface area contributed by atoms with Crippen LogP contribution in [0.5, 0.6) is 0 Å². The molecule has 1 saturated heterocycles. The molecule has 2 heterocycles. The number of ether oxygens (including phenoxy) is 1. The number of barbiturate groups is 1. The van der Waals surface area contributed by atoms with Crippen LogP contribution in [0.4, 0.5) is 4.79 Å². The summed E-state index contributed by atoms with van der Waals surface area (Å²) in [4.78, 5) is 51.1. The Hall–Kier alpha value is -3.68. The maximum absolute atomic E-state index is 13.1. The van der Waals surface area contributed by atoms with Crippen LogP contribution in [-0.2, 0) is 14.3 Å². The lowest BCUT2D eigenvalue weighted by molar-refractivity contribution is -0.131. The van der Waals surface area contributed by atoms with E-state index in [9.17, 15) is 19.2 Å². The SMILES string of the molecule is CCOC(=O)c1ccc(-n2c(C)cc(/C=C3/C(=O)NC(=O)N(C4CCCC4)C3=O)c2C)cc1. The van der Waals surface area contributed by atoms with E-state index in [4.69, 9.17) is 4.74 Å². The highest BCUT2D eigenvalue weighted by atomic mass is 16.5. The highest BCUT2D eigenvalue weighted by molar-refractivity contribution is 6.31. The fraction of sp³-hybridized carbons (Fsp3) is 0.360. The number of carbonyl (C=O) groups excluding carboxylic acids is 4. The first-order valence-corrected chi connectivity index (χ1v) is 11.2. The van der Waals surface area contributed by atoms with Crippen LogP contribution in [0.15, 0.2) is 35.9 Å². The van der Waals surface area contributed by atoms with E-state index < -0.39 is 17.8 Å². The molecule has 2 fully saturated rings. The maximum Gasteiger partial charge on any atom is 0.338 e. The lowest BCUT2D eigenvalue weighted by Crippen LogP contribution is -2.57. The molecule has 172 valence electrons. The third kappa shape index (κ3) is 4.20. The van der Waals surface area contributed by atoms with Gasteiger partial charge in [-0.25, -0.2) is 9.59 Å². The maximum atomic E-state index is 13.1. The van der Waals surface area contributed by atoms with Gasteiger partial charge < -0.3 is 9.30 Å². The molecular formula is C25H27N3O5. The predicted molar refractivity (Wildman–Crippen MR) is 122 cm³/mol. The van der Waals surface area contributed by atoms with Gasteiger partial charge in [-0.05, 0) is 75.6 Å². The van der Waals surface area contributed by atoms with Gasteiger partial charge >= 0.3 is 12.0 Å². The highest BCUT2D eigenvalue weighted by Gasteiger charge is 2.40. The zero-order valence-corrected chi connectivity index (χ0v) is 19.0. The van der Waals surface area contributed by atoms with Crippen molar-refractivity contribution in [2.75, 3.05) is 6.61 Å². The number of nitrogens with one attached hydrogen (secondary N) is 1. The van der Waals surface area contributed by atoms with Crippen molar-refractivity contribution in [3.8, 4) is 5.69 Å². The van der Waals surface area contributed by atoms with Crippen molar-refractivity contribution < 1.29 is 23.9 Å². The van der Waals surface area contributed by atoms with Gasteiger partial charge in [-0.15, -0.1) is 0 Å². The Kier molecular flexibility index (Phi) is 6.18. The van der Waals surface area contributed by atoms with E-state index in [1.54, 1.807) is 25.1 Å². The lowest BCUT2D eigenvalue weighted by Gasteiger charge is -2.31. The Morgan fingerprint density at radius 1 is 1.12 bits per heavy atom. The Morgan fingerprint density at radius 3 is 2.42 bits per heavy atom. The quantitative estimate of drug-likeness (QED) is 0.427. The summed E-state index contributed by atoms with van der Waals surface area (Å²) in [7, 11) is 0. The summed E-state index contributed by atoms with van der Waals surface area (Å²) in [6.07, 6.45) is 5.00. The van der Waals surface area contributed by atoms with Gasteiger partial charge in [-0.1, -0.05) is 12.8 Å². The molecule has 1 N–H and O–H groups in total. The standard InChI is InChI=1S/C25H27N3O5/c1-4-33-24(31)17-9-11-20(12-10-17)27-15(2)13-18(16(27)3)14-21-22(29)26-25(32)28(23(21)30)19-7-5-6-8-19/h9-14,19H,4-8H2,1-3H3,(H,26,29,32)/b21-14-. The minimum Gasteiger partial charge on any atom is -0.462 e. The Morgan fingerprint density at radius 2 is 1.79 bits per heavy atom. The van der Waals surface area contributed by atoms with Crippen molar-refractivity contribution in [2.24, 2.45) is 0 Å². The number of hydrogen-bond donors (Lipinski definition) is 1. The van der Waals surface area contributed by atoms with Gasteiger partial charge in [0, 0.05) is 23.1 Å². The number of rotatable bonds is 5. The van der Waals surface area contributed by atoms with Crippen molar-refractivity contribution in [1.82, 2.24) is 14.8 Å². The number of esters is 1. The molecule has 0 spiro atoms. The third-order valence-electron chi connectivity index (χ3n) is 6.23. The molecule has 1 aromatic heterocycles. The van der Waals surface area contributed by atoms with Gasteiger partial charge in [0.15, 0.2) is 0 Å². The number of carbonyl (C=O) groups is 4. The van der Waals surface area contributed by atoms with Gasteiger partial charge in [0.1, 0.15) is 5.57 Å².